The summed E-state index contributed by atoms with van der Waals surface area (Å²) in [6.07, 6.45) is 0.398. The summed E-state index contributed by atoms with van der Waals surface area (Å²) in [6.45, 7) is 6.82. The van der Waals surface area contributed by atoms with Crippen molar-refractivity contribution in [3.63, 3.8) is 0 Å². The molecule has 2 unspecified atom stereocenters. The maximum Gasteiger partial charge on any atom is 0.326 e. The number of carboxylic acids is 1. The smallest absolute Gasteiger partial charge is 0.326 e. The largest absolute Gasteiger partial charge is 0.480 e. The van der Waals surface area contributed by atoms with Gasteiger partial charge in [0, 0.05) is 12.5 Å². The van der Waals surface area contributed by atoms with Crippen molar-refractivity contribution in [3.8, 4) is 0 Å². The zero-order valence-electron chi connectivity index (χ0n) is 9.54. The van der Waals surface area contributed by atoms with Gasteiger partial charge in [0.25, 0.3) is 0 Å². The molecule has 1 amide bonds. The van der Waals surface area contributed by atoms with E-state index in [2.05, 4.69) is 10.6 Å². The fourth-order valence-electron chi connectivity index (χ4n) is 1.11. The molecule has 0 aliphatic rings. The van der Waals surface area contributed by atoms with Gasteiger partial charge in [-0.05, 0) is 13.0 Å². The van der Waals surface area contributed by atoms with Crippen molar-refractivity contribution in [1.82, 2.24) is 10.6 Å². The molecule has 0 bridgehead atoms. The number of nitrogens with one attached hydrogen (secondary N) is 2. The zero-order chi connectivity index (χ0) is 11.8. The molecule has 88 valence electrons. The van der Waals surface area contributed by atoms with E-state index >= 15 is 0 Å². The second-order valence-electron chi connectivity index (χ2n) is 3.52. The zero-order valence-corrected chi connectivity index (χ0v) is 9.54. The summed E-state index contributed by atoms with van der Waals surface area (Å²) in [4.78, 5) is 22.2. The molecule has 0 rings (SSSR count). The summed E-state index contributed by atoms with van der Waals surface area (Å²) >= 11 is 0. The number of carbonyl (C=O) groups excluding carboxylic acids is 1. The molecule has 0 saturated carbocycles. The number of carbonyl (C=O) groups is 2. The van der Waals surface area contributed by atoms with Gasteiger partial charge in [-0.2, -0.15) is 0 Å². The molecule has 0 radical (unpaired) electrons. The van der Waals surface area contributed by atoms with Crippen molar-refractivity contribution in [2.24, 2.45) is 5.92 Å². The lowest BCUT2D eigenvalue weighted by atomic mass is 10.1. The van der Waals surface area contributed by atoms with Crippen LogP contribution in [0, 0.1) is 5.92 Å². The Hall–Kier alpha value is -1.10. The molecule has 0 aliphatic heterocycles. The highest BCUT2D eigenvalue weighted by molar-refractivity contribution is 5.84. The first-order valence-electron chi connectivity index (χ1n) is 5.26. The van der Waals surface area contributed by atoms with Gasteiger partial charge in [0.15, 0.2) is 0 Å². The molecule has 0 fully saturated rings. The minimum Gasteiger partial charge on any atom is -0.480 e. The van der Waals surface area contributed by atoms with Crippen molar-refractivity contribution in [2.75, 3.05) is 13.1 Å². The highest BCUT2D eigenvalue weighted by Gasteiger charge is 2.20. The Bertz CT molecular complexity index is 219. The van der Waals surface area contributed by atoms with E-state index in [1.165, 1.54) is 0 Å². The molecule has 5 heteroatoms. The van der Waals surface area contributed by atoms with E-state index in [9.17, 15) is 9.59 Å². The Kier molecular flexibility index (Phi) is 6.70. The molecule has 0 saturated heterocycles. The molecule has 0 spiro atoms. The van der Waals surface area contributed by atoms with Crippen LogP contribution in [-0.4, -0.2) is 36.1 Å². The third kappa shape index (κ3) is 5.37. The molecular formula is C10H20N2O3. The maximum absolute atomic E-state index is 11.5. The van der Waals surface area contributed by atoms with Gasteiger partial charge in [-0.15, -0.1) is 0 Å². The number of hydrogen-bond donors (Lipinski definition) is 3. The molecule has 0 heterocycles. The van der Waals surface area contributed by atoms with E-state index in [0.29, 0.717) is 13.0 Å². The number of hydrogen-bond acceptors (Lipinski definition) is 3. The summed E-state index contributed by atoms with van der Waals surface area (Å²) in [5, 5.41) is 14.3. The van der Waals surface area contributed by atoms with Crippen LogP contribution in [0.3, 0.4) is 0 Å². The predicted molar refractivity (Wildman–Crippen MR) is 57.6 cm³/mol. The number of aliphatic carboxylic acids is 1. The topological polar surface area (TPSA) is 78.4 Å². The highest BCUT2D eigenvalue weighted by Crippen LogP contribution is 1.97. The fourth-order valence-corrected chi connectivity index (χ4v) is 1.11. The van der Waals surface area contributed by atoms with Crippen LogP contribution in [0.4, 0.5) is 0 Å². The predicted octanol–water partition coefficient (Wildman–Crippen LogP) is 0.211. The fraction of sp³-hybridized carbons (Fsp3) is 0.800. The summed E-state index contributed by atoms with van der Waals surface area (Å²) in [5.74, 6) is -1.41. The first kappa shape index (κ1) is 13.9. The van der Waals surface area contributed by atoms with E-state index < -0.39 is 12.0 Å². The Morgan fingerprint density at radius 3 is 2.33 bits per heavy atom. The van der Waals surface area contributed by atoms with Crippen LogP contribution < -0.4 is 10.6 Å². The quantitative estimate of drug-likeness (QED) is 0.568. The van der Waals surface area contributed by atoms with Crippen LogP contribution in [0.5, 0.6) is 0 Å². The average molecular weight is 216 g/mol. The Morgan fingerprint density at radius 1 is 1.33 bits per heavy atom. The molecular weight excluding hydrogens is 196 g/mol. The first-order valence-corrected chi connectivity index (χ1v) is 5.26. The lowest BCUT2D eigenvalue weighted by Gasteiger charge is -2.16. The van der Waals surface area contributed by atoms with Crippen molar-refractivity contribution < 1.29 is 14.7 Å². The normalized spacial score (nSPS) is 14.3. The monoisotopic (exact) mass is 216 g/mol. The molecule has 5 nitrogen and oxygen atoms in total. The van der Waals surface area contributed by atoms with Crippen LogP contribution in [0.15, 0.2) is 0 Å². The molecule has 15 heavy (non-hydrogen) atoms. The number of carboxylic acid groups (broad SMARTS) is 1. The minimum absolute atomic E-state index is 0.210. The van der Waals surface area contributed by atoms with Gasteiger partial charge in [0.2, 0.25) is 5.91 Å². The highest BCUT2D eigenvalue weighted by atomic mass is 16.4. The van der Waals surface area contributed by atoms with Gasteiger partial charge < -0.3 is 15.7 Å². The SMILES string of the molecule is CCNCC(C)C(=O)NC(CC)C(=O)O. The second kappa shape index (κ2) is 7.23. The number of rotatable bonds is 7. The van der Waals surface area contributed by atoms with E-state index in [4.69, 9.17) is 5.11 Å². The third-order valence-electron chi connectivity index (χ3n) is 2.17. The van der Waals surface area contributed by atoms with E-state index in [1.54, 1.807) is 13.8 Å². The average Bonchev–Trinajstić information content (AvgIpc) is 2.21. The van der Waals surface area contributed by atoms with Crippen molar-refractivity contribution in [1.29, 1.82) is 0 Å². The van der Waals surface area contributed by atoms with Crippen LogP contribution in [0.25, 0.3) is 0 Å². The van der Waals surface area contributed by atoms with Gasteiger partial charge >= 0.3 is 5.97 Å². The van der Waals surface area contributed by atoms with Crippen LogP contribution in [-0.2, 0) is 9.59 Å². The Morgan fingerprint density at radius 2 is 1.93 bits per heavy atom. The molecule has 0 aromatic carbocycles. The molecule has 0 aromatic heterocycles. The van der Waals surface area contributed by atoms with Gasteiger partial charge in [-0.3, -0.25) is 4.79 Å². The minimum atomic E-state index is -0.985. The molecule has 3 N–H and O–H groups in total. The lowest BCUT2D eigenvalue weighted by Crippen LogP contribution is -2.44. The van der Waals surface area contributed by atoms with Gasteiger partial charge in [-0.25, -0.2) is 4.79 Å². The van der Waals surface area contributed by atoms with Crippen molar-refractivity contribution in [2.45, 2.75) is 33.2 Å². The number of amides is 1. The van der Waals surface area contributed by atoms with E-state index in [1.807, 2.05) is 6.92 Å². The second-order valence-corrected chi connectivity index (χ2v) is 3.52. The van der Waals surface area contributed by atoms with E-state index in [-0.39, 0.29) is 11.8 Å². The van der Waals surface area contributed by atoms with Crippen LogP contribution in [0.2, 0.25) is 0 Å². The van der Waals surface area contributed by atoms with Crippen molar-refractivity contribution in [3.05, 3.63) is 0 Å². The molecule has 0 aliphatic carbocycles. The summed E-state index contributed by atoms with van der Waals surface area (Å²) in [6, 6.07) is -0.776. The van der Waals surface area contributed by atoms with Gasteiger partial charge in [0.1, 0.15) is 6.04 Å². The first-order chi connectivity index (χ1) is 7.02. The summed E-state index contributed by atoms with van der Waals surface area (Å²) in [5.41, 5.74) is 0. The summed E-state index contributed by atoms with van der Waals surface area (Å²) < 4.78 is 0. The third-order valence-corrected chi connectivity index (χ3v) is 2.17. The molecule has 2 atom stereocenters. The van der Waals surface area contributed by atoms with Crippen LogP contribution in [0.1, 0.15) is 27.2 Å². The summed E-state index contributed by atoms with van der Waals surface area (Å²) in [7, 11) is 0. The molecule has 0 aromatic rings. The Labute approximate surface area is 90.2 Å². The standard InChI is InChI=1S/C10H20N2O3/c1-4-8(10(14)15)12-9(13)7(3)6-11-5-2/h7-8,11H,4-6H2,1-3H3,(H,12,13)(H,14,15). The lowest BCUT2D eigenvalue weighted by molar-refractivity contribution is -0.142. The van der Waals surface area contributed by atoms with Crippen LogP contribution >= 0.6 is 0 Å². The van der Waals surface area contributed by atoms with Gasteiger partial charge in [0.05, 0.1) is 0 Å². The van der Waals surface area contributed by atoms with E-state index in [0.717, 1.165) is 6.54 Å². The van der Waals surface area contributed by atoms with Gasteiger partial charge in [-0.1, -0.05) is 20.8 Å². The maximum atomic E-state index is 11.5. The Balaban J connectivity index is 4.04. The van der Waals surface area contributed by atoms with Crippen molar-refractivity contribution >= 4 is 11.9 Å².